The van der Waals surface area contributed by atoms with Gasteiger partial charge in [0.2, 0.25) is 0 Å². The van der Waals surface area contributed by atoms with E-state index in [-0.39, 0.29) is 6.54 Å². The van der Waals surface area contributed by atoms with Gasteiger partial charge in [0.1, 0.15) is 18.9 Å². The molecule has 0 saturated carbocycles. The summed E-state index contributed by atoms with van der Waals surface area (Å²) in [5, 5.41) is 11.3. The molecule has 0 aromatic heterocycles. The van der Waals surface area contributed by atoms with Crippen LogP contribution in [0, 0.1) is 0 Å². The predicted octanol–water partition coefficient (Wildman–Crippen LogP) is 1.12. The van der Waals surface area contributed by atoms with Crippen molar-refractivity contribution in [2.45, 2.75) is 0 Å². The maximum atomic E-state index is 10.4. The summed E-state index contributed by atoms with van der Waals surface area (Å²) >= 11 is 0. The molecule has 1 rings (SSSR count). The molecule has 0 spiro atoms. The van der Waals surface area contributed by atoms with Crippen molar-refractivity contribution in [2.75, 3.05) is 39.1 Å². The van der Waals surface area contributed by atoms with E-state index in [0.29, 0.717) is 6.61 Å². The first-order valence-corrected chi connectivity index (χ1v) is 5.41. The van der Waals surface area contributed by atoms with Gasteiger partial charge in [-0.15, -0.1) is 0 Å². The van der Waals surface area contributed by atoms with Crippen molar-refractivity contribution in [3.63, 3.8) is 0 Å². The van der Waals surface area contributed by atoms with Crippen molar-refractivity contribution in [3.05, 3.63) is 24.3 Å². The lowest BCUT2D eigenvalue weighted by Gasteiger charge is -2.12. The van der Waals surface area contributed by atoms with Crippen LogP contribution >= 0.6 is 0 Å². The van der Waals surface area contributed by atoms with E-state index < -0.39 is 5.97 Å². The highest BCUT2D eigenvalue weighted by atomic mass is 16.5. The van der Waals surface area contributed by atoms with E-state index in [1.54, 1.807) is 6.07 Å². The van der Waals surface area contributed by atoms with Gasteiger partial charge >= 0.3 is 5.97 Å². The first kappa shape index (κ1) is 13.3. The number of aliphatic carboxylic acids is 1. The minimum Gasteiger partial charge on any atom is -0.492 e. The molecule has 0 aliphatic carbocycles. The third kappa shape index (κ3) is 5.77. The quantitative estimate of drug-likeness (QED) is 0.745. The molecule has 0 unspecified atom stereocenters. The molecule has 0 bridgehead atoms. The van der Waals surface area contributed by atoms with Crippen molar-refractivity contribution in [1.82, 2.24) is 4.90 Å². The normalized spacial score (nSPS) is 10.3. The minimum absolute atomic E-state index is 0.0961. The number of carboxylic acid groups (broad SMARTS) is 1. The average Bonchev–Trinajstić information content (AvgIpc) is 2.26. The number of rotatable bonds is 7. The van der Waals surface area contributed by atoms with E-state index in [2.05, 4.69) is 5.32 Å². The smallest absolute Gasteiger partial charge is 0.322 e. The molecule has 0 aliphatic rings. The summed E-state index contributed by atoms with van der Waals surface area (Å²) in [5.74, 6) is -0.147. The average molecular weight is 238 g/mol. The molecule has 1 aromatic rings. The van der Waals surface area contributed by atoms with Gasteiger partial charge in [0.15, 0.2) is 0 Å². The number of anilines is 1. The second kappa shape index (κ2) is 6.75. The fourth-order valence-electron chi connectivity index (χ4n) is 1.22. The molecular weight excluding hydrogens is 220 g/mol. The standard InChI is InChI=1S/C12H18N2O3/c1-14(2)6-7-17-11-5-3-4-10(8-11)13-9-12(15)16/h3-5,8,13H,6-7,9H2,1-2H3,(H,15,16). The number of ether oxygens (including phenoxy) is 1. The molecule has 5 heteroatoms. The van der Waals surface area contributed by atoms with E-state index >= 15 is 0 Å². The fraction of sp³-hybridized carbons (Fsp3) is 0.417. The van der Waals surface area contributed by atoms with E-state index in [0.717, 1.165) is 18.0 Å². The first-order valence-electron chi connectivity index (χ1n) is 5.41. The lowest BCUT2D eigenvalue weighted by atomic mass is 10.3. The van der Waals surface area contributed by atoms with Crippen LogP contribution in [0.4, 0.5) is 5.69 Å². The second-order valence-electron chi connectivity index (χ2n) is 3.93. The second-order valence-corrected chi connectivity index (χ2v) is 3.93. The topological polar surface area (TPSA) is 61.8 Å². The largest absolute Gasteiger partial charge is 0.492 e. The zero-order chi connectivity index (χ0) is 12.7. The summed E-state index contributed by atoms with van der Waals surface area (Å²) in [7, 11) is 3.96. The Morgan fingerprint density at radius 1 is 1.47 bits per heavy atom. The Hall–Kier alpha value is -1.75. The molecule has 0 amide bonds. The molecule has 1 aromatic carbocycles. The highest BCUT2D eigenvalue weighted by Crippen LogP contribution is 2.16. The summed E-state index contributed by atoms with van der Waals surface area (Å²) in [4.78, 5) is 12.4. The predicted molar refractivity (Wildman–Crippen MR) is 66.6 cm³/mol. The summed E-state index contributed by atoms with van der Waals surface area (Å²) in [6, 6.07) is 7.27. The van der Waals surface area contributed by atoms with Gasteiger partial charge in [0.25, 0.3) is 0 Å². The number of hydrogen-bond donors (Lipinski definition) is 2. The SMILES string of the molecule is CN(C)CCOc1cccc(NCC(=O)O)c1. The number of carbonyl (C=O) groups is 1. The van der Waals surface area contributed by atoms with Crippen LogP contribution < -0.4 is 10.1 Å². The molecule has 5 nitrogen and oxygen atoms in total. The Labute approximate surface area is 101 Å². The number of benzene rings is 1. The van der Waals surface area contributed by atoms with Gasteiger partial charge in [-0.25, -0.2) is 0 Å². The van der Waals surface area contributed by atoms with Crippen LogP contribution in [0.2, 0.25) is 0 Å². The summed E-state index contributed by atoms with van der Waals surface area (Å²) < 4.78 is 5.54. The third-order valence-electron chi connectivity index (χ3n) is 2.09. The molecule has 0 heterocycles. The number of nitrogens with one attached hydrogen (secondary N) is 1. The maximum absolute atomic E-state index is 10.4. The molecule has 17 heavy (non-hydrogen) atoms. The Balaban J connectivity index is 2.45. The van der Waals surface area contributed by atoms with E-state index in [9.17, 15) is 4.79 Å². The van der Waals surface area contributed by atoms with Gasteiger partial charge in [-0.3, -0.25) is 4.79 Å². The van der Waals surface area contributed by atoms with Crippen LogP contribution in [0.5, 0.6) is 5.75 Å². The van der Waals surface area contributed by atoms with Gasteiger partial charge in [0, 0.05) is 18.3 Å². The number of carboxylic acids is 1. The maximum Gasteiger partial charge on any atom is 0.322 e. The third-order valence-corrected chi connectivity index (χ3v) is 2.09. The summed E-state index contributed by atoms with van der Waals surface area (Å²) in [6.07, 6.45) is 0. The van der Waals surface area contributed by atoms with Gasteiger partial charge in [-0.2, -0.15) is 0 Å². The van der Waals surface area contributed by atoms with Crippen molar-refractivity contribution >= 4 is 11.7 Å². The minimum atomic E-state index is -0.885. The number of nitrogens with zero attached hydrogens (tertiary/aromatic N) is 1. The summed E-state index contributed by atoms with van der Waals surface area (Å²) in [6.45, 7) is 1.35. The van der Waals surface area contributed by atoms with Crippen molar-refractivity contribution in [2.24, 2.45) is 0 Å². The van der Waals surface area contributed by atoms with Crippen LogP contribution in [0.15, 0.2) is 24.3 Å². The van der Waals surface area contributed by atoms with E-state index in [1.807, 2.05) is 37.2 Å². The molecule has 94 valence electrons. The Bertz CT molecular complexity index is 367. The van der Waals surface area contributed by atoms with Crippen LogP contribution in [0.3, 0.4) is 0 Å². The first-order chi connectivity index (χ1) is 8.08. The van der Waals surface area contributed by atoms with Crippen molar-refractivity contribution in [3.8, 4) is 5.75 Å². The van der Waals surface area contributed by atoms with E-state index in [1.165, 1.54) is 0 Å². The van der Waals surface area contributed by atoms with Gasteiger partial charge in [0.05, 0.1) is 0 Å². The van der Waals surface area contributed by atoms with Gasteiger partial charge < -0.3 is 20.1 Å². The van der Waals surface area contributed by atoms with Crippen molar-refractivity contribution in [1.29, 1.82) is 0 Å². The monoisotopic (exact) mass is 238 g/mol. The molecular formula is C12H18N2O3. The number of hydrogen-bond acceptors (Lipinski definition) is 4. The molecule has 0 fully saturated rings. The zero-order valence-corrected chi connectivity index (χ0v) is 10.1. The summed E-state index contributed by atoms with van der Waals surface area (Å²) in [5.41, 5.74) is 0.745. The molecule has 0 saturated heterocycles. The lowest BCUT2D eigenvalue weighted by molar-refractivity contribution is -0.134. The molecule has 0 radical (unpaired) electrons. The van der Waals surface area contributed by atoms with Crippen LogP contribution in [-0.2, 0) is 4.79 Å². The Morgan fingerprint density at radius 2 is 2.24 bits per heavy atom. The Kier molecular flexibility index (Phi) is 5.29. The van der Waals surface area contributed by atoms with Crippen molar-refractivity contribution < 1.29 is 14.6 Å². The van der Waals surface area contributed by atoms with E-state index in [4.69, 9.17) is 9.84 Å². The van der Waals surface area contributed by atoms with Gasteiger partial charge in [-0.1, -0.05) is 6.07 Å². The van der Waals surface area contributed by atoms with Crippen LogP contribution in [0.25, 0.3) is 0 Å². The highest BCUT2D eigenvalue weighted by molar-refractivity contribution is 5.72. The van der Waals surface area contributed by atoms with Crippen LogP contribution in [0.1, 0.15) is 0 Å². The van der Waals surface area contributed by atoms with Gasteiger partial charge in [-0.05, 0) is 26.2 Å². The highest BCUT2D eigenvalue weighted by Gasteiger charge is 1.99. The van der Waals surface area contributed by atoms with Crippen LogP contribution in [-0.4, -0.2) is 49.8 Å². The Morgan fingerprint density at radius 3 is 2.88 bits per heavy atom. The fourth-order valence-corrected chi connectivity index (χ4v) is 1.22. The molecule has 0 atom stereocenters. The number of likely N-dealkylation sites (N-methyl/N-ethyl adjacent to an activating group) is 1. The zero-order valence-electron chi connectivity index (χ0n) is 10.1. The molecule has 0 aliphatic heterocycles. The molecule has 2 N–H and O–H groups in total. The lowest BCUT2D eigenvalue weighted by Crippen LogP contribution is -2.19.